The van der Waals surface area contributed by atoms with Gasteiger partial charge in [0.2, 0.25) is 11.5 Å². The summed E-state index contributed by atoms with van der Waals surface area (Å²) < 4.78 is 39.6. The minimum atomic E-state index is -1.32. The van der Waals surface area contributed by atoms with Crippen LogP contribution >= 0.6 is 0 Å². The van der Waals surface area contributed by atoms with E-state index in [1.54, 1.807) is 30.3 Å². The van der Waals surface area contributed by atoms with Crippen molar-refractivity contribution in [2.75, 3.05) is 35.0 Å². The van der Waals surface area contributed by atoms with E-state index in [0.717, 1.165) is 0 Å². The summed E-state index contributed by atoms with van der Waals surface area (Å²) in [6.07, 6.45) is -1.79. The number of nitro groups is 1. The molecular formula is C30H38N2O10. The smallest absolute Gasteiger partial charge is 0.303 e. The Kier molecular flexibility index (Phi) is 10.7. The number of benzene rings is 2. The maximum absolute atomic E-state index is 12.4. The summed E-state index contributed by atoms with van der Waals surface area (Å²) in [7, 11) is 5.82. The Morgan fingerprint density at radius 2 is 1.74 bits per heavy atom. The number of carbonyl (C=O) groups is 1. The second-order valence-electron chi connectivity index (χ2n) is 10.2. The molecule has 0 aliphatic carbocycles. The normalized spacial score (nSPS) is 16.8. The van der Waals surface area contributed by atoms with E-state index in [9.17, 15) is 20.2 Å². The number of nitrogens with zero attached hydrogens (tertiary/aromatic N) is 2. The van der Waals surface area contributed by atoms with E-state index in [2.05, 4.69) is 6.07 Å². The number of methoxy groups -OCH3 is 4. The summed E-state index contributed by atoms with van der Waals surface area (Å²) in [5.74, 6) is 1.18. The van der Waals surface area contributed by atoms with E-state index >= 15 is 0 Å². The van der Waals surface area contributed by atoms with Gasteiger partial charge in [-0.05, 0) is 37.0 Å². The topological polar surface area (TPSA) is 149 Å². The van der Waals surface area contributed by atoms with E-state index in [0.29, 0.717) is 28.6 Å². The van der Waals surface area contributed by atoms with Crippen molar-refractivity contribution in [3.63, 3.8) is 0 Å². The molecule has 2 aromatic carbocycles. The number of fused-ring (bicyclic) bond motifs is 1. The molecule has 0 saturated carbocycles. The van der Waals surface area contributed by atoms with Crippen molar-refractivity contribution in [2.24, 2.45) is 5.92 Å². The van der Waals surface area contributed by atoms with Crippen LogP contribution < -0.4 is 28.4 Å². The number of para-hydroxylation sites is 2. The van der Waals surface area contributed by atoms with Gasteiger partial charge >= 0.3 is 5.97 Å². The Bertz CT molecular complexity index is 1310. The standard InChI is InChI=1S/C30H38N2O10/c1-18(2)30(17-31,21-15-26(36-4)28(38-6)29(39-7)27(21)37-5)13-12-23(41-19(3)33)22(32(34)35)14-20-16-40-24-10-8-9-11-25(24)42-20/h8-11,15,18,20,22-23H,12-14,16H2,1-7H3. The van der Waals surface area contributed by atoms with Crippen LogP contribution in [0.3, 0.4) is 0 Å². The van der Waals surface area contributed by atoms with Crippen molar-refractivity contribution in [3.8, 4) is 40.6 Å². The minimum absolute atomic E-state index is 0.000938. The van der Waals surface area contributed by atoms with Gasteiger partial charge in [-0.3, -0.25) is 14.9 Å². The van der Waals surface area contributed by atoms with Crippen LogP contribution in [0.2, 0.25) is 0 Å². The first-order valence-electron chi connectivity index (χ1n) is 13.5. The van der Waals surface area contributed by atoms with Gasteiger partial charge in [0.05, 0.1) is 46.3 Å². The van der Waals surface area contributed by atoms with E-state index in [4.69, 9.17) is 33.2 Å². The second kappa shape index (κ2) is 14.0. The van der Waals surface area contributed by atoms with Crippen LogP contribution in [0.25, 0.3) is 0 Å². The number of hydrogen-bond donors (Lipinski definition) is 0. The molecule has 0 saturated heterocycles. The molecule has 0 amide bonds. The molecule has 228 valence electrons. The summed E-state index contributed by atoms with van der Waals surface area (Å²) in [5, 5.41) is 23.0. The van der Waals surface area contributed by atoms with Crippen LogP contribution in [-0.4, -0.2) is 64.2 Å². The molecular weight excluding hydrogens is 548 g/mol. The minimum Gasteiger partial charge on any atom is -0.493 e. The maximum Gasteiger partial charge on any atom is 0.303 e. The van der Waals surface area contributed by atoms with E-state index in [-0.39, 0.29) is 43.3 Å². The van der Waals surface area contributed by atoms with Crippen molar-refractivity contribution < 1.29 is 42.9 Å². The molecule has 42 heavy (non-hydrogen) atoms. The molecule has 1 aliphatic rings. The number of carbonyl (C=O) groups excluding carboxylic acids is 1. The molecule has 0 bridgehead atoms. The van der Waals surface area contributed by atoms with Crippen molar-refractivity contribution in [1.29, 1.82) is 5.26 Å². The monoisotopic (exact) mass is 586 g/mol. The summed E-state index contributed by atoms with van der Waals surface area (Å²) in [5.41, 5.74) is -0.793. The third kappa shape index (κ3) is 6.56. The quantitative estimate of drug-likeness (QED) is 0.172. The summed E-state index contributed by atoms with van der Waals surface area (Å²) in [6, 6.07) is 9.82. The fourth-order valence-corrected chi connectivity index (χ4v) is 5.38. The summed E-state index contributed by atoms with van der Waals surface area (Å²) in [4.78, 5) is 24.0. The fraction of sp³-hybridized carbons (Fsp3) is 0.533. The van der Waals surface area contributed by atoms with Crippen LogP contribution in [0.15, 0.2) is 30.3 Å². The van der Waals surface area contributed by atoms with Gasteiger partial charge in [-0.25, -0.2) is 0 Å². The van der Waals surface area contributed by atoms with Crippen LogP contribution in [0.5, 0.6) is 34.5 Å². The Morgan fingerprint density at radius 3 is 2.26 bits per heavy atom. The van der Waals surface area contributed by atoms with Gasteiger partial charge in [-0.2, -0.15) is 5.26 Å². The molecule has 12 nitrogen and oxygen atoms in total. The van der Waals surface area contributed by atoms with Gasteiger partial charge in [0.25, 0.3) is 6.04 Å². The zero-order valence-electron chi connectivity index (χ0n) is 25.0. The highest BCUT2D eigenvalue weighted by molar-refractivity contribution is 5.66. The number of nitriles is 1. The molecule has 3 rings (SSSR count). The van der Waals surface area contributed by atoms with Crippen LogP contribution in [0, 0.1) is 27.4 Å². The highest BCUT2D eigenvalue weighted by atomic mass is 16.6. The Morgan fingerprint density at radius 1 is 1.10 bits per heavy atom. The van der Waals surface area contributed by atoms with E-state index < -0.39 is 34.6 Å². The third-order valence-corrected chi connectivity index (χ3v) is 7.57. The summed E-state index contributed by atoms with van der Waals surface area (Å²) in [6.45, 7) is 5.03. The lowest BCUT2D eigenvalue weighted by molar-refractivity contribution is -0.536. The van der Waals surface area contributed by atoms with Gasteiger partial charge in [0.1, 0.15) is 12.7 Å². The van der Waals surface area contributed by atoms with Crippen LogP contribution in [0.1, 0.15) is 45.6 Å². The van der Waals surface area contributed by atoms with Crippen molar-refractivity contribution in [3.05, 3.63) is 46.0 Å². The predicted octanol–water partition coefficient (Wildman–Crippen LogP) is 4.73. The average Bonchev–Trinajstić information content (AvgIpc) is 2.98. The molecule has 0 radical (unpaired) electrons. The Balaban J connectivity index is 2.00. The molecule has 0 aromatic heterocycles. The molecule has 4 unspecified atom stereocenters. The fourth-order valence-electron chi connectivity index (χ4n) is 5.38. The van der Waals surface area contributed by atoms with Crippen LogP contribution in [-0.2, 0) is 14.9 Å². The predicted molar refractivity (Wildman–Crippen MR) is 151 cm³/mol. The lowest BCUT2D eigenvalue weighted by Gasteiger charge is -2.35. The maximum atomic E-state index is 12.4. The van der Waals surface area contributed by atoms with Gasteiger partial charge < -0.3 is 33.2 Å². The Hall–Kier alpha value is -4.40. The highest BCUT2D eigenvalue weighted by Crippen LogP contribution is 2.52. The molecule has 4 atom stereocenters. The van der Waals surface area contributed by atoms with Crippen LogP contribution in [0.4, 0.5) is 0 Å². The lowest BCUT2D eigenvalue weighted by Crippen LogP contribution is -2.44. The van der Waals surface area contributed by atoms with Gasteiger partial charge in [-0.15, -0.1) is 0 Å². The molecule has 1 heterocycles. The first kappa shape index (κ1) is 32.1. The molecule has 1 aliphatic heterocycles. The van der Waals surface area contributed by atoms with Gasteiger partial charge in [-0.1, -0.05) is 26.0 Å². The molecule has 12 heteroatoms. The first-order chi connectivity index (χ1) is 20.1. The van der Waals surface area contributed by atoms with Gasteiger partial charge in [0.15, 0.2) is 29.1 Å². The molecule has 0 N–H and O–H groups in total. The number of hydrogen-bond acceptors (Lipinski definition) is 11. The first-order valence-corrected chi connectivity index (χ1v) is 13.5. The molecule has 2 aromatic rings. The Labute approximate surface area is 245 Å². The number of ether oxygens (including phenoxy) is 7. The third-order valence-electron chi connectivity index (χ3n) is 7.57. The SMILES string of the molecule is COc1cc(C(C#N)(CCC(OC(C)=O)C(CC2COc3ccccc3O2)[N+](=O)[O-])C(C)C)c(OC)c(OC)c1OC. The number of esters is 1. The van der Waals surface area contributed by atoms with Gasteiger partial charge in [0, 0.05) is 17.4 Å². The van der Waals surface area contributed by atoms with Crippen molar-refractivity contribution in [2.45, 2.75) is 63.7 Å². The number of rotatable bonds is 14. The zero-order chi connectivity index (χ0) is 31.0. The largest absolute Gasteiger partial charge is 0.493 e. The van der Waals surface area contributed by atoms with E-state index in [1.165, 1.54) is 35.4 Å². The average molecular weight is 587 g/mol. The second-order valence-corrected chi connectivity index (χ2v) is 10.2. The molecule has 0 spiro atoms. The van der Waals surface area contributed by atoms with Crippen molar-refractivity contribution >= 4 is 5.97 Å². The molecule has 0 fully saturated rings. The zero-order valence-corrected chi connectivity index (χ0v) is 25.0. The van der Waals surface area contributed by atoms with Crippen molar-refractivity contribution in [1.82, 2.24) is 0 Å². The summed E-state index contributed by atoms with van der Waals surface area (Å²) >= 11 is 0. The highest BCUT2D eigenvalue weighted by Gasteiger charge is 2.45. The lowest BCUT2D eigenvalue weighted by atomic mass is 9.68. The van der Waals surface area contributed by atoms with E-state index in [1.807, 2.05) is 13.8 Å².